The quantitative estimate of drug-likeness (QED) is 0.520. The van der Waals surface area contributed by atoms with E-state index in [2.05, 4.69) is 5.32 Å². The number of anilines is 1. The fourth-order valence-electron chi connectivity index (χ4n) is 3.90. The van der Waals surface area contributed by atoms with Gasteiger partial charge in [0, 0.05) is 29.2 Å². The number of amides is 1. The van der Waals surface area contributed by atoms with E-state index in [1.165, 1.54) is 28.6 Å². The van der Waals surface area contributed by atoms with Gasteiger partial charge in [-0.15, -0.1) is 0 Å². The van der Waals surface area contributed by atoms with Gasteiger partial charge in [-0.2, -0.15) is 4.31 Å². The van der Waals surface area contributed by atoms with Crippen molar-refractivity contribution in [2.24, 2.45) is 5.92 Å². The number of carbonyl (C=O) groups is 2. The highest BCUT2D eigenvalue weighted by molar-refractivity contribution is 7.89. The highest BCUT2D eigenvalue weighted by atomic mass is 35.5. The van der Waals surface area contributed by atoms with Crippen LogP contribution in [0.25, 0.3) is 0 Å². The maximum atomic E-state index is 13.1. The third-order valence-corrected chi connectivity index (χ3v) is 7.80. The molecule has 1 saturated heterocycles. The number of ketones is 1. The van der Waals surface area contributed by atoms with Crippen LogP contribution in [-0.2, 0) is 14.8 Å². The maximum absolute atomic E-state index is 13.1. The van der Waals surface area contributed by atoms with Gasteiger partial charge in [-0.25, -0.2) is 8.42 Å². The van der Waals surface area contributed by atoms with Crippen molar-refractivity contribution in [3.05, 3.63) is 95.0 Å². The fraction of sp³-hybridized carbons (Fsp3) is 0.200. The Labute approximate surface area is 198 Å². The molecule has 0 radical (unpaired) electrons. The minimum Gasteiger partial charge on any atom is -0.325 e. The van der Waals surface area contributed by atoms with E-state index in [-0.39, 0.29) is 23.1 Å². The van der Waals surface area contributed by atoms with Gasteiger partial charge in [0.05, 0.1) is 16.5 Å². The molecule has 1 heterocycles. The molecular weight excluding hydrogens is 460 g/mol. The lowest BCUT2D eigenvalue weighted by Gasteiger charge is -2.31. The van der Waals surface area contributed by atoms with Crippen molar-refractivity contribution in [2.45, 2.75) is 17.7 Å². The molecule has 3 aromatic rings. The Bertz CT molecular complexity index is 1260. The summed E-state index contributed by atoms with van der Waals surface area (Å²) >= 11 is 5.88. The number of carbonyl (C=O) groups excluding carboxylic acids is 2. The van der Waals surface area contributed by atoms with Crippen LogP contribution in [0.15, 0.2) is 83.8 Å². The average Bonchev–Trinajstić information content (AvgIpc) is 2.85. The van der Waals surface area contributed by atoms with E-state index in [0.29, 0.717) is 41.2 Å². The summed E-state index contributed by atoms with van der Waals surface area (Å²) in [7, 11) is -3.74. The Morgan fingerprint density at radius 3 is 2.30 bits per heavy atom. The smallest absolute Gasteiger partial charge is 0.243 e. The van der Waals surface area contributed by atoms with Crippen LogP contribution in [0, 0.1) is 5.92 Å². The Balaban J connectivity index is 1.50. The van der Waals surface area contributed by atoms with E-state index in [0.717, 1.165) is 0 Å². The summed E-state index contributed by atoms with van der Waals surface area (Å²) in [4.78, 5) is 26.2. The van der Waals surface area contributed by atoms with Crippen LogP contribution in [0.3, 0.4) is 0 Å². The summed E-state index contributed by atoms with van der Waals surface area (Å²) in [6.45, 7) is 0.420. The number of sulfonamides is 1. The zero-order valence-electron chi connectivity index (χ0n) is 17.8. The van der Waals surface area contributed by atoms with Crippen LogP contribution in [-0.4, -0.2) is 37.5 Å². The molecule has 1 N–H and O–H groups in total. The molecule has 1 aliphatic rings. The van der Waals surface area contributed by atoms with Crippen LogP contribution in [0.5, 0.6) is 0 Å². The van der Waals surface area contributed by atoms with E-state index < -0.39 is 15.9 Å². The molecule has 4 rings (SSSR count). The molecule has 1 amide bonds. The van der Waals surface area contributed by atoms with Crippen molar-refractivity contribution in [3.8, 4) is 0 Å². The standard InChI is InChI=1S/C25H23ClN2O4S/c26-20-12-14-21(15-13-20)33(31,32)28-16-6-9-19(17-28)25(30)27-23-11-5-4-10-22(23)24(29)18-7-2-1-3-8-18/h1-5,7-8,10-15,19H,6,9,16-17H2,(H,27,30). The number of nitrogens with zero attached hydrogens (tertiary/aromatic N) is 1. The third-order valence-electron chi connectivity index (χ3n) is 5.67. The van der Waals surface area contributed by atoms with Gasteiger partial charge in [0.25, 0.3) is 0 Å². The molecule has 0 bridgehead atoms. The second-order valence-corrected chi connectivity index (χ2v) is 10.3. The number of halogens is 1. The van der Waals surface area contributed by atoms with E-state index >= 15 is 0 Å². The molecule has 0 aromatic heterocycles. The fourth-order valence-corrected chi connectivity index (χ4v) is 5.55. The number of piperidine rings is 1. The largest absolute Gasteiger partial charge is 0.325 e. The normalized spacial score (nSPS) is 16.8. The molecular formula is C25H23ClN2O4S. The van der Waals surface area contributed by atoms with Gasteiger partial charge in [0.15, 0.2) is 5.78 Å². The first kappa shape index (κ1) is 23.2. The van der Waals surface area contributed by atoms with Gasteiger partial charge in [0.2, 0.25) is 15.9 Å². The van der Waals surface area contributed by atoms with Crippen molar-refractivity contribution in [1.82, 2.24) is 4.31 Å². The Kier molecular flexibility index (Phi) is 6.93. The van der Waals surface area contributed by atoms with Gasteiger partial charge in [-0.05, 0) is 49.2 Å². The number of benzene rings is 3. The van der Waals surface area contributed by atoms with Crippen molar-refractivity contribution in [2.75, 3.05) is 18.4 Å². The summed E-state index contributed by atoms with van der Waals surface area (Å²) in [6, 6.07) is 21.7. The van der Waals surface area contributed by atoms with Gasteiger partial charge >= 0.3 is 0 Å². The predicted octanol–water partition coefficient (Wildman–Crippen LogP) is 4.61. The first-order valence-electron chi connectivity index (χ1n) is 10.6. The van der Waals surface area contributed by atoms with Crippen LogP contribution in [0.2, 0.25) is 5.02 Å². The SMILES string of the molecule is O=C(c1ccccc1)c1ccccc1NC(=O)C1CCCN(S(=O)(=O)c2ccc(Cl)cc2)C1. The first-order chi connectivity index (χ1) is 15.9. The average molecular weight is 483 g/mol. The minimum atomic E-state index is -3.74. The summed E-state index contributed by atoms with van der Waals surface area (Å²) in [6.07, 6.45) is 1.13. The minimum absolute atomic E-state index is 0.0750. The van der Waals surface area contributed by atoms with Crippen LogP contribution >= 0.6 is 11.6 Å². The summed E-state index contributed by atoms with van der Waals surface area (Å²) < 4.78 is 27.4. The summed E-state index contributed by atoms with van der Waals surface area (Å²) in [5.74, 6) is -1.03. The topological polar surface area (TPSA) is 83.6 Å². The number of para-hydroxylation sites is 1. The van der Waals surface area contributed by atoms with Crippen molar-refractivity contribution >= 4 is 39.0 Å². The molecule has 1 atom stereocenters. The number of nitrogens with one attached hydrogen (secondary N) is 1. The third kappa shape index (κ3) is 5.16. The predicted molar refractivity (Wildman–Crippen MR) is 128 cm³/mol. The highest BCUT2D eigenvalue weighted by Gasteiger charge is 2.33. The molecule has 0 spiro atoms. The monoisotopic (exact) mass is 482 g/mol. The van der Waals surface area contributed by atoms with E-state index in [4.69, 9.17) is 11.6 Å². The Hall–Kier alpha value is -3.00. The summed E-state index contributed by atoms with van der Waals surface area (Å²) in [5.41, 5.74) is 1.32. The van der Waals surface area contributed by atoms with Crippen LogP contribution < -0.4 is 5.32 Å². The van der Waals surface area contributed by atoms with E-state index in [9.17, 15) is 18.0 Å². The number of hydrogen-bond donors (Lipinski definition) is 1. The molecule has 6 nitrogen and oxygen atoms in total. The number of hydrogen-bond acceptors (Lipinski definition) is 4. The molecule has 1 aliphatic heterocycles. The van der Waals surface area contributed by atoms with Crippen molar-refractivity contribution < 1.29 is 18.0 Å². The zero-order chi connectivity index (χ0) is 23.4. The molecule has 0 saturated carbocycles. The lowest BCUT2D eigenvalue weighted by atomic mass is 9.97. The van der Waals surface area contributed by atoms with Crippen molar-refractivity contribution in [1.29, 1.82) is 0 Å². The molecule has 1 unspecified atom stereocenters. The van der Waals surface area contributed by atoms with Gasteiger partial charge in [-0.1, -0.05) is 54.1 Å². The second-order valence-electron chi connectivity index (χ2n) is 7.89. The summed E-state index contributed by atoms with van der Waals surface area (Å²) in [5, 5.41) is 3.30. The Morgan fingerprint density at radius 2 is 1.58 bits per heavy atom. The molecule has 1 fully saturated rings. The second kappa shape index (κ2) is 9.87. The lowest BCUT2D eigenvalue weighted by Crippen LogP contribution is -2.43. The molecule has 3 aromatic carbocycles. The Morgan fingerprint density at radius 1 is 0.909 bits per heavy atom. The zero-order valence-corrected chi connectivity index (χ0v) is 19.4. The molecule has 0 aliphatic carbocycles. The van der Waals surface area contributed by atoms with E-state index in [1.54, 1.807) is 48.5 Å². The lowest BCUT2D eigenvalue weighted by molar-refractivity contribution is -0.120. The number of rotatable bonds is 6. The van der Waals surface area contributed by atoms with Crippen LogP contribution in [0.1, 0.15) is 28.8 Å². The van der Waals surface area contributed by atoms with Crippen LogP contribution in [0.4, 0.5) is 5.69 Å². The van der Waals surface area contributed by atoms with Gasteiger partial charge in [0.1, 0.15) is 0 Å². The van der Waals surface area contributed by atoms with Crippen molar-refractivity contribution in [3.63, 3.8) is 0 Å². The molecule has 33 heavy (non-hydrogen) atoms. The molecule has 170 valence electrons. The van der Waals surface area contributed by atoms with Gasteiger partial charge in [-0.3, -0.25) is 9.59 Å². The first-order valence-corrected chi connectivity index (χ1v) is 12.4. The van der Waals surface area contributed by atoms with Gasteiger partial charge < -0.3 is 5.32 Å². The van der Waals surface area contributed by atoms with E-state index in [1.807, 2.05) is 6.07 Å². The maximum Gasteiger partial charge on any atom is 0.243 e. The molecule has 8 heteroatoms. The highest BCUT2D eigenvalue weighted by Crippen LogP contribution is 2.27.